The summed E-state index contributed by atoms with van der Waals surface area (Å²) in [6.07, 6.45) is 1.97. The van der Waals surface area contributed by atoms with E-state index in [2.05, 4.69) is 12.1 Å². The Hall–Kier alpha value is -2.00. The number of benzene rings is 2. The van der Waals surface area contributed by atoms with Crippen LogP contribution < -0.4 is 15.2 Å². The SMILES string of the molecule is COc1ccc(CCCN)cc1COc1ccccc1C. The van der Waals surface area contributed by atoms with Gasteiger partial charge < -0.3 is 15.2 Å². The molecular formula is C18H23NO2. The quantitative estimate of drug-likeness (QED) is 0.847. The van der Waals surface area contributed by atoms with Gasteiger partial charge in [-0.05, 0) is 55.6 Å². The van der Waals surface area contributed by atoms with Crippen molar-refractivity contribution in [1.29, 1.82) is 0 Å². The van der Waals surface area contributed by atoms with Crippen LogP contribution in [0.3, 0.4) is 0 Å². The lowest BCUT2D eigenvalue weighted by atomic mass is 10.1. The highest BCUT2D eigenvalue weighted by Crippen LogP contribution is 2.24. The van der Waals surface area contributed by atoms with Crippen molar-refractivity contribution < 1.29 is 9.47 Å². The molecule has 2 aromatic carbocycles. The summed E-state index contributed by atoms with van der Waals surface area (Å²) in [6, 6.07) is 14.3. The van der Waals surface area contributed by atoms with Gasteiger partial charge in [0.15, 0.2) is 0 Å². The summed E-state index contributed by atoms with van der Waals surface area (Å²) in [5.41, 5.74) is 9.04. The van der Waals surface area contributed by atoms with E-state index >= 15 is 0 Å². The van der Waals surface area contributed by atoms with Crippen molar-refractivity contribution >= 4 is 0 Å². The van der Waals surface area contributed by atoms with Crippen molar-refractivity contribution in [3.8, 4) is 11.5 Å². The molecule has 0 saturated carbocycles. The molecule has 2 aromatic rings. The standard InChI is InChI=1S/C18H23NO2/c1-14-6-3-4-8-17(14)21-13-16-12-15(7-5-11-19)9-10-18(16)20-2/h3-4,6,8-10,12H,5,7,11,13,19H2,1-2H3. The number of ether oxygens (including phenoxy) is 2. The number of para-hydroxylation sites is 1. The van der Waals surface area contributed by atoms with Crippen LogP contribution in [0.25, 0.3) is 0 Å². The van der Waals surface area contributed by atoms with E-state index in [1.54, 1.807) is 7.11 Å². The molecule has 0 fully saturated rings. The summed E-state index contributed by atoms with van der Waals surface area (Å²) in [4.78, 5) is 0. The molecule has 0 saturated heterocycles. The fourth-order valence-corrected chi connectivity index (χ4v) is 2.28. The molecular weight excluding hydrogens is 262 g/mol. The first-order valence-electron chi connectivity index (χ1n) is 7.29. The van der Waals surface area contributed by atoms with Gasteiger partial charge in [-0.15, -0.1) is 0 Å². The Balaban J connectivity index is 2.12. The maximum absolute atomic E-state index is 5.92. The number of aryl methyl sites for hydroxylation is 2. The average molecular weight is 285 g/mol. The number of hydrogen-bond donors (Lipinski definition) is 1. The molecule has 0 atom stereocenters. The topological polar surface area (TPSA) is 44.5 Å². The van der Waals surface area contributed by atoms with E-state index in [1.165, 1.54) is 5.56 Å². The molecule has 0 aliphatic carbocycles. The van der Waals surface area contributed by atoms with E-state index in [0.29, 0.717) is 13.2 Å². The van der Waals surface area contributed by atoms with Crippen molar-refractivity contribution in [1.82, 2.24) is 0 Å². The van der Waals surface area contributed by atoms with Crippen LogP contribution in [-0.4, -0.2) is 13.7 Å². The predicted octanol–water partition coefficient (Wildman–Crippen LogP) is 3.47. The minimum atomic E-state index is 0.504. The fraction of sp³-hybridized carbons (Fsp3) is 0.333. The number of hydrogen-bond acceptors (Lipinski definition) is 3. The third kappa shape index (κ3) is 4.23. The highest BCUT2D eigenvalue weighted by atomic mass is 16.5. The van der Waals surface area contributed by atoms with Crippen molar-refractivity contribution in [2.75, 3.05) is 13.7 Å². The van der Waals surface area contributed by atoms with E-state index in [4.69, 9.17) is 15.2 Å². The second-order valence-corrected chi connectivity index (χ2v) is 5.09. The molecule has 0 heterocycles. The van der Waals surface area contributed by atoms with Crippen LogP contribution in [0.5, 0.6) is 11.5 Å². The van der Waals surface area contributed by atoms with Crippen LogP contribution in [-0.2, 0) is 13.0 Å². The lowest BCUT2D eigenvalue weighted by Gasteiger charge is -2.13. The number of nitrogens with two attached hydrogens (primary N) is 1. The Morgan fingerprint density at radius 3 is 2.57 bits per heavy atom. The number of rotatable bonds is 7. The first-order chi connectivity index (χ1) is 10.2. The second-order valence-electron chi connectivity index (χ2n) is 5.09. The van der Waals surface area contributed by atoms with E-state index < -0.39 is 0 Å². The van der Waals surface area contributed by atoms with E-state index in [0.717, 1.165) is 35.5 Å². The summed E-state index contributed by atoms with van der Waals surface area (Å²) in [6.45, 7) is 3.26. The Morgan fingerprint density at radius 1 is 1.05 bits per heavy atom. The molecule has 2 N–H and O–H groups in total. The van der Waals surface area contributed by atoms with Gasteiger partial charge in [0.1, 0.15) is 18.1 Å². The maximum atomic E-state index is 5.92. The Bertz CT molecular complexity index is 581. The van der Waals surface area contributed by atoms with E-state index in [9.17, 15) is 0 Å². The summed E-state index contributed by atoms with van der Waals surface area (Å²) in [5.74, 6) is 1.77. The Labute approximate surface area is 126 Å². The molecule has 21 heavy (non-hydrogen) atoms. The van der Waals surface area contributed by atoms with Crippen LogP contribution in [0, 0.1) is 6.92 Å². The van der Waals surface area contributed by atoms with Gasteiger partial charge in [0.2, 0.25) is 0 Å². The Morgan fingerprint density at radius 2 is 1.86 bits per heavy atom. The smallest absolute Gasteiger partial charge is 0.125 e. The molecule has 0 aliphatic heterocycles. The van der Waals surface area contributed by atoms with Crippen LogP contribution in [0.4, 0.5) is 0 Å². The largest absolute Gasteiger partial charge is 0.496 e. The zero-order valence-electron chi connectivity index (χ0n) is 12.8. The van der Waals surface area contributed by atoms with Crippen molar-refractivity contribution in [2.24, 2.45) is 5.73 Å². The highest BCUT2D eigenvalue weighted by molar-refractivity contribution is 5.38. The summed E-state index contributed by atoms with van der Waals surface area (Å²) >= 11 is 0. The van der Waals surface area contributed by atoms with Gasteiger partial charge >= 0.3 is 0 Å². The first-order valence-corrected chi connectivity index (χ1v) is 7.29. The lowest BCUT2D eigenvalue weighted by molar-refractivity contribution is 0.294. The highest BCUT2D eigenvalue weighted by Gasteiger charge is 2.06. The van der Waals surface area contributed by atoms with E-state index in [-0.39, 0.29) is 0 Å². The normalized spacial score (nSPS) is 10.4. The molecule has 3 heteroatoms. The van der Waals surface area contributed by atoms with Gasteiger partial charge in [0.25, 0.3) is 0 Å². The van der Waals surface area contributed by atoms with Gasteiger partial charge in [-0.3, -0.25) is 0 Å². The zero-order valence-corrected chi connectivity index (χ0v) is 12.8. The Kier molecular flexibility index (Phi) is 5.64. The molecule has 112 valence electrons. The molecule has 0 radical (unpaired) electrons. The molecule has 2 rings (SSSR count). The van der Waals surface area contributed by atoms with Gasteiger partial charge in [-0.25, -0.2) is 0 Å². The van der Waals surface area contributed by atoms with Crippen molar-refractivity contribution in [2.45, 2.75) is 26.4 Å². The molecule has 0 bridgehead atoms. The van der Waals surface area contributed by atoms with Crippen molar-refractivity contribution in [3.63, 3.8) is 0 Å². The van der Waals surface area contributed by atoms with Crippen LogP contribution in [0.15, 0.2) is 42.5 Å². The molecule has 0 aromatic heterocycles. The van der Waals surface area contributed by atoms with Crippen LogP contribution in [0.1, 0.15) is 23.1 Å². The summed E-state index contributed by atoms with van der Waals surface area (Å²) < 4.78 is 11.3. The van der Waals surface area contributed by atoms with Gasteiger partial charge in [-0.2, -0.15) is 0 Å². The van der Waals surface area contributed by atoms with Gasteiger partial charge in [-0.1, -0.05) is 24.3 Å². The zero-order chi connectivity index (χ0) is 15.1. The van der Waals surface area contributed by atoms with Gasteiger partial charge in [0.05, 0.1) is 7.11 Å². The van der Waals surface area contributed by atoms with Crippen LogP contribution in [0.2, 0.25) is 0 Å². The lowest BCUT2D eigenvalue weighted by Crippen LogP contribution is -2.03. The van der Waals surface area contributed by atoms with Gasteiger partial charge in [0, 0.05) is 5.56 Å². The third-order valence-corrected chi connectivity index (χ3v) is 3.49. The third-order valence-electron chi connectivity index (χ3n) is 3.49. The molecule has 3 nitrogen and oxygen atoms in total. The minimum absolute atomic E-state index is 0.504. The number of methoxy groups -OCH3 is 1. The average Bonchev–Trinajstić information content (AvgIpc) is 2.52. The monoisotopic (exact) mass is 285 g/mol. The first kappa shape index (κ1) is 15.4. The maximum Gasteiger partial charge on any atom is 0.125 e. The molecule has 0 aliphatic rings. The predicted molar refractivity (Wildman–Crippen MR) is 85.9 cm³/mol. The molecule has 0 unspecified atom stereocenters. The summed E-state index contributed by atoms with van der Waals surface area (Å²) in [7, 11) is 1.69. The molecule has 0 spiro atoms. The second kappa shape index (κ2) is 7.70. The minimum Gasteiger partial charge on any atom is -0.496 e. The molecule has 0 amide bonds. The summed E-state index contributed by atoms with van der Waals surface area (Å²) in [5, 5.41) is 0. The van der Waals surface area contributed by atoms with E-state index in [1.807, 2.05) is 37.3 Å². The fourth-order valence-electron chi connectivity index (χ4n) is 2.28. The van der Waals surface area contributed by atoms with Crippen molar-refractivity contribution in [3.05, 3.63) is 59.2 Å². The van der Waals surface area contributed by atoms with Crippen LogP contribution >= 0.6 is 0 Å².